The molecule has 0 spiro atoms. The Morgan fingerprint density at radius 1 is 1.07 bits per heavy atom. The molecule has 0 radical (unpaired) electrons. The van der Waals surface area contributed by atoms with Crippen LogP contribution < -0.4 is 10.6 Å². The van der Waals surface area contributed by atoms with Gasteiger partial charge in [0.2, 0.25) is 5.91 Å². The number of amides is 1. The minimum Gasteiger partial charge on any atom is -0.356 e. The second-order valence-corrected chi connectivity index (χ2v) is 8.69. The van der Waals surface area contributed by atoms with E-state index in [0.717, 1.165) is 43.2 Å². The Morgan fingerprint density at radius 2 is 1.67 bits per heavy atom. The molecular weight excluding hydrogens is 360 g/mol. The number of nitrogens with zero attached hydrogens (tertiary/aromatic N) is 2. The smallest absolute Gasteiger partial charge is 0.230 e. The van der Waals surface area contributed by atoms with Crippen LogP contribution in [0.15, 0.2) is 29.3 Å². The van der Waals surface area contributed by atoms with E-state index in [9.17, 15) is 4.79 Å². The van der Waals surface area contributed by atoms with E-state index in [-0.39, 0.29) is 16.7 Å². The van der Waals surface area contributed by atoms with Crippen LogP contribution in [0.4, 0.5) is 0 Å². The zero-order valence-corrected chi connectivity index (χ0v) is 17.4. The molecule has 2 fully saturated rings. The van der Waals surface area contributed by atoms with Gasteiger partial charge >= 0.3 is 0 Å². The predicted octanol–water partition coefficient (Wildman–Crippen LogP) is 3.19. The molecule has 3 rings (SSSR count). The average molecular weight is 391 g/mol. The van der Waals surface area contributed by atoms with Gasteiger partial charge in [-0.15, -0.1) is 0 Å². The third-order valence-electron chi connectivity index (χ3n) is 6.14. The molecule has 0 heterocycles. The SMILES string of the molecule is CN=C(NCC1(C(=O)N(C)C)CCCC1)NCC1(c2ccc(Cl)cc2)CC1. The molecule has 0 unspecified atom stereocenters. The highest BCUT2D eigenvalue weighted by molar-refractivity contribution is 6.30. The van der Waals surface area contributed by atoms with E-state index in [4.69, 9.17) is 11.6 Å². The third kappa shape index (κ3) is 4.40. The molecule has 2 aliphatic rings. The summed E-state index contributed by atoms with van der Waals surface area (Å²) in [6.07, 6.45) is 6.47. The van der Waals surface area contributed by atoms with Gasteiger partial charge < -0.3 is 15.5 Å². The van der Waals surface area contributed by atoms with Gasteiger partial charge in [0.25, 0.3) is 0 Å². The van der Waals surface area contributed by atoms with E-state index < -0.39 is 0 Å². The van der Waals surface area contributed by atoms with Crippen LogP contribution in [0.1, 0.15) is 44.1 Å². The summed E-state index contributed by atoms with van der Waals surface area (Å²) in [4.78, 5) is 18.8. The number of carbonyl (C=O) groups is 1. The first kappa shape index (κ1) is 20.0. The first-order valence-corrected chi connectivity index (χ1v) is 10.2. The molecule has 0 aliphatic heterocycles. The maximum Gasteiger partial charge on any atom is 0.230 e. The first-order valence-electron chi connectivity index (χ1n) is 9.83. The third-order valence-corrected chi connectivity index (χ3v) is 6.39. The van der Waals surface area contributed by atoms with Crippen LogP contribution in [0.3, 0.4) is 0 Å². The maximum absolute atomic E-state index is 12.7. The lowest BCUT2D eigenvalue weighted by Gasteiger charge is -2.31. The highest BCUT2D eigenvalue weighted by atomic mass is 35.5. The molecule has 2 saturated carbocycles. The van der Waals surface area contributed by atoms with Crippen molar-refractivity contribution in [3.8, 4) is 0 Å². The summed E-state index contributed by atoms with van der Waals surface area (Å²) in [5.41, 5.74) is 1.20. The van der Waals surface area contributed by atoms with Crippen molar-refractivity contribution < 1.29 is 4.79 Å². The van der Waals surface area contributed by atoms with Crippen molar-refractivity contribution in [2.45, 2.75) is 43.9 Å². The second kappa shape index (κ2) is 8.09. The minimum absolute atomic E-state index is 0.173. The fourth-order valence-corrected chi connectivity index (χ4v) is 4.37. The highest BCUT2D eigenvalue weighted by Crippen LogP contribution is 2.47. The molecule has 0 saturated heterocycles. The lowest BCUT2D eigenvalue weighted by atomic mass is 9.84. The number of aliphatic imine (C=N–C) groups is 1. The number of halogens is 1. The highest BCUT2D eigenvalue weighted by Gasteiger charge is 2.45. The first-order chi connectivity index (χ1) is 12.9. The second-order valence-electron chi connectivity index (χ2n) is 8.25. The van der Waals surface area contributed by atoms with E-state index in [0.29, 0.717) is 6.54 Å². The molecule has 148 valence electrons. The van der Waals surface area contributed by atoms with Gasteiger partial charge in [0.15, 0.2) is 5.96 Å². The van der Waals surface area contributed by atoms with Crippen molar-refractivity contribution in [3.05, 3.63) is 34.9 Å². The molecule has 1 amide bonds. The fourth-order valence-electron chi connectivity index (χ4n) is 4.24. The Hall–Kier alpha value is -1.75. The normalized spacial score (nSPS) is 20.2. The van der Waals surface area contributed by atoms with E-state index in [1.807, 2.05) is 26.2 Å². The number of guanidine groups is 1. The monoisotopic (exact) mass is 390 g/mol. The molecule has 6 heteroatoms. The van der Waals surface area contributed by atoms with Gasteiger partial charge in [0, 0.05) is 44.7 Å². The molecular formula is C21H31ClN4O. The largest absolute Gasteiger partial charge is 0.356 e. The van der Waals surface area contributed by atoms with Gasteiger partial charge in [-0.2, -0.15) is 0 Å². The minimum atomic E-state index is -0.297. The van der Waals surface area contributed by atoms with Crippen LogP contribution in [0.5, 0.6) is 0 Å². The number of carbonyl (C=O) groups excluding carboxylic acids is 1. The summed E-state index contributed by atoms with van der Waals surface area (Å²) in [6.45, 7) is 1.47. The molecule has 0 atom stereocenters. The number of hydrogen-bond donors (Lipinski definition) is 2. The predicted molar refractivity (Wildman–Crippen MR) is 111 cm³/mol. The van der Waals surface area contributed by atoms with Crippen molar-refractivity contribution in [1.29, 1.82) is 0 Å². The lowest BCUT2D eigenvalue weighted by Crippen LogP contribution is -2.50. The van der Waals surface area contributed by atoms with Gasteiger partial charge in [-0.25, -0.2) is 0 Å². The number of rotatable bonds is 6. The standard InChI is InChI=1S/C21H31ClN4O/c1-23-19(25-15-21(10-4-5-11-21)18(27)26(2)3)24-14-20(12-13-20)16-6-8-17(22)9-7-16/h6-9H,4-5,10-15H2,1-3H3,(H2,23,24,25). The zero-order chi connectivity index (χ0) is 19.5. The fraction of sp³-hybridized carbons (Fsp3) is 0.619. The van der Waals surface area contributed by atoms with Crippen molar-refractivity contribution in [1.82, 2.24) is 15.5 Å². The van der Waals surface area contributed by atoms with E-state index in [2.05, 4.69) is 27.8 Å². The molecule has 27 heavy (non-hydrogen) atoms. The molecule has 0 aromatic heterocycles. The van der Waals surface area contributed by atoms with Gasteiger partial charge in [-0.3, -0.25) is 9.79 Å². The maximum atomic E-state index is 12.7. The summed E-state index contributed by atoms with van der Waals surface area (Å²) in [5, 5.41) is 7.67. The molecule has 2 aliphatic carbocycles. The van der Waals surface area contributed by atoms with E-state index in [1.165, 1.54) is 18.4 Å². The van der Waals surface area contributed by atoms with Crippen molar-refractivity contribution >= 4 is 23.5 Å². The topological polar surface area (TPSA) is 56.7 Å². The zero-order valence-electron chi connectivity index (χ0n) is 16.6. The molecule has 0 bridgehead atoms. The number of hydrogen-bond acceptors (Lipinski definition) is 2. The average Bonchev–Trinajstić information content (AvgIpc) is 3.30. The molecule has 5 nitrogen and oxygen atoms in total. The van der Waals surface area contributed by atoms with Crippen molar-refractivity contribution in [2.75, 3.05) is 34.2 Å². The van der Waals surface area contributed by atoms with E-state index in [1.54, 1.807) is 11.9 Å². The van der Waals surface area contributed by atoms with Crippen LogP contribution in [-0.2, 0) is 10.2 Å². The lowest BCUT2D eigenvalue weighted by molar-refractivity contribution is -0.138. The van der Waals surface area contributed by atoms with Crippen molar-refractivity contribution in [3.63, 3.8) is 0 Å². The van der Waals surface area contributed by atoms with Gasteiger partial charge in [0.1, 0.15) is 0 Å². The Bertz CT molecular complexity index is 689. The summed E-state index contributed by atoms with van der Waals surface area (Å²) >= 11 is 6.02. The Balaban J connectivity index is 1.58. The quantitative estimate of drug-likeness (QED) is 0.579. The Kier molecular flexibility index (Phi) is 5.99. The van der Waals surface area contributed by atoms with Crippen LogP contribution in [0.2, 0.25) is 5.02 Å². The van der Waals surface area contributed by atoms with Crippen molar-refractivity contribution in [2.24, 2.45) is 10.4 Å². The Labute approximate surface area is 167 Å². The van der Waals surface area contributed by atoms with E-state index >= 15 is 0 Å². The number of nitrogens with one attached hydrogen (secondary N) is 2. The van der Waals surface area contributed by atoms with Crippen LogP contribution >= 0.6 is 11.6 Å². The van der Waals surface area contributed by atoms with Crippen LogP contribution in [-0.4, -0.2) is 51.0 Å². The summed E-state index contributed by atoms with van der Waals surface area (Å²) in [5.74, 6) is 0.996. The summed E-state index contributed by atoms with van der Waals surface area (Å²) in [7, 11) is 5.48. The molecule has 2 N–H and O–H groups in total. The molecule has 1 aromatic carbocycles. The summed E-state index contributed by atoms with van der Waals surface area (Å²) < 4.78 is 0. The molecule has 1 aromatic rings. The van der Waals surface area contributed by atoms with Gasteiger partial charge in [-0.05, 0) is 43.4 Å². The summed E-state index contributed by atoms with van der Waals surface area (Å²) in [6, 6.07) is 8.16. The number of benzene rings is 1. The Morgan fingerprint density at radius 3 is 2.19 bits per heavy atom. The van der Waals surface area contributed by atoms with Gasteiger partial charge in [-0.1, -0.05) is 36.6 Å². The van der Waals surface area contributed by atoms with Crippen LogP contribution in [0, 0.1) is 5.41 Å². The van der Waals surface area contributed by atoms with Crippen LogP contribution in [0.25, 0.3) is 0 Å². The van der Waals surface area contributed by atoms with Gasteiger partial charge in [0.05, 0.1) is 5.41 Å².